The quantitative estimate of drug-likeness (QED) is 0.0433. The first-order valence-corrected chi connectivity index (χ1v) is 15.0. The monoisotopic (exact) mass is 504 g/mol. The van der Waals surface area contributed by atoms with Crippen LogP contribution in [0.15, 0.2) is 12.7 Å². The Morgan fingerprint density at radius 2 is 1.12 bits per heavy atom. The van der Waals surface area contributed by atoms with Crippen LogP contribution < -0.4 is 0 Å². The molecule has 2 unspecified atom stereocenters. The van der Waals surface area contributed by atoms with Crippen molar-refractivity contribution >= 4 is 15.0 Å². The predicted molar refractivity (Wildman–Crippen MR) is 138 cm³/mol. The lowest BCUT2D eigenvalue weighted by Gasteiger charge is -2.30. The third-order valence-corrected chi connectivity index (χ3v) is 7.88. The SMILES string of the molecule is C=CC(=O)OC(CCCCCCCCC)OC(CCCCCCCCC)O[Si](OC)(OC)OC. The minimum Gasteiger partial charge on any atom is -0.433 e. The Hall–Kier alpha value is -0.773. The van der Waals surface area contributed by atoms with Gasteiger partial charge in [0.2, 0.25) is 6.29 Å². The molecule has 202 valence electrons. The van der Waals surface area contributed by atoms with Crippen LogP contribution in [0.3, 0.4) is 0 Å². The van der Waals surface area contributed by atoms with E-state index in [-0.39, 0.29) is 0 Å². The Bertz CT molecular complexity index is 478. The second-order valence-electron chi connectivity index (χ2n) is 8.69. The van der Waals surface area contributed by atoms with E-state index in [1.807, 2.05) is 0 Å². The van der Waals surface area contributed by atoms with E-state index in [0.717, 1.165) is 31.8 Å². The normalized spacial score (nSPS) is 13.6. The topological polar surface area (TPSA) is 72.5 Å². The Labute approximate surface area is 210 Å². The maximum absolute atomic E-state index is 11.9. The minimum atomic E-state index is -3.32. The molecule has 0 saturated carbocycles. The highest BCUT2D eigenvalue weighted by Crippen LogP contribution is 2.22. The summed E-state index contributed by atoms with van der Waals surface area (Å²) < 4.78 is 34.0. The van der Waals surface area contributed by atoms with Crippen LogP contribution in [0.25, 0.3) is 0 Å². The molecule has 8 heteroatoms. The number of carbonyl (C=O) groups is 1. The molecule has 0 rings (SSSR count). The summed E-state index contributed by atoms with van der Waals surface area (Å²) >= 11 is 0. The van der Waals surface area contributed by atoms with Crippen LogP contribution >= 0.6 is 0 Å². The smallest absolute Gasteiger partial charge is 0.433 e. The number of hydrogen-bond donors (Lipinski definition) is 0. The molecular weight excluding hydrogens is 452 g/mol. The first kappa shape index (κ1) is 33.2. The summed E-state index contributed by atoms with van der Waals surface area (Å²) in [6.07, 6.45) is 17.5. The largest absolute Gasteiger partial charge is 0.680 e. The summed E-state index contributed by atoms with van der Waals surface area (Å²) in [5.74, 6) is -0.503. The van der Waals surface area contributed by atoms with E-state index >= 15 is 0 Å². The van der Waals surface area contributed by atoms with Crippen LogP contribution in [0, 0.1) is 0 Å². The molecule has 0 aromatic heterocycles. The van der Waals surface area contributed by atoms with Gasteiger partial charge in [0, 0.05) is 33.8 Å². The van der Waals surface area contributed by atoms with E-state index in [1.54, 1.807) is 0 Å². The van der Waals surface area contributed by atoms with Crippen molar-refractivity contribution in [2.24, 2.45) is 0 Å². The zero-order valence-corrected chi connectivity index (χ0v) is 23.6. The van der Waals surface area contributed by atoms with E-state index in [1.165, 1.54) is 85.5 Å². The lowest BCUT2D eigenvalue weighted by molar-refractivity contribution is -0.235. The van der Waals surface area contributed by atoms with Crippen molar-refractivity contribution < 1.29 is 32.0 Å². The highest BCUT2D eigenvalue weighted by atomic mass is 28.4. The van der Waals surface area contributed by atoms with Crippen LogP contribution in [-0.2, 0) is 32.0 Å². The zero-order chi connectivity index (χ0) is 25.5. The van der Waals surface area contributed by atoms with Crippen molar-refractivity contribution in [1.82, 2.24) is 0 Å². The van der Waals surface area contributed by atoms with Crippen molar-refractivity contribution in [3.63, 3.8) is 0 Å². The van der Waals surface area contributed by atoms with Crippen molar-refractivity contribution in [1.29, 1.82) is 0 Å². The van der Waals surface area contributed by atoms with Gasteiger partial charge in [0.1, 0.15) is 0 Å². The summed E-state index contributed by atoms with van der Waals surface area (Å²) in [7, 11) is 1.17. The molecule has 0 fully saturated rings. The fourth-order valence-corrected chi connectivity index (χ4v) is 5.03. The average Bonchev–Trinajstić information content (AvgIpc) is 2.85. The highest BCUT2D eigenvalue weighted by Gasteiger charge is 2.45. The van der Waals surface area contributed by atoms with Crippen LogP contribution in [0.5, 0.6) is 0 Å². The molecule has 0 heterocycles. The zero-order valence-electron chi connectivity index (χ0n) is 22.6. The molecule has 0 N–H and O–H groups in total. The maximum atomic E-state index is 11.9. The summed E-state index contributed by atoms with van der Waals surface area (Å²) in [5.41, 5.74) is 0. The summed E-state index contributed by atoms with van der Waals surface area (Å²) in [4.78, 5) is 11.9. The number of ether oxygens (including phenoxy) is 2. The summed E-state index contributed by atoms with van der Waals surface area (Å²) in [6.45, 7) is 7.95. The molecule has 0 bridgehead atoms. The van der Waals surface area contributed by atoms with E-state index in [0.29, 0.717) is 12.8 Å². The van der Waals surface area contributed by atoms with Gasteiger partial charge < -0.3 is 27.2 Å². The molecule has 0 aliphatic rings. The van der Waals surface area contributed by atoms with Crippen LogP contribution in [0.4, 0.5) is 0 Å². The number of hydrogen-bond acceptors (Lipinski definition) is 7. The van der Waals surface area contributed by atoms with Gasteiger partial charge in [-0.2, -0.15) is 0 Å². The van der Waals surface area contributed by atoms with Gasteiger partial charge in [-0.25, -0.2) is 4.79 Å². The molecule has 0 aromatic carbocycles. The van der Waals surface area contributed by atoms with Crippen LogP contribution in [0.1, 0.15) is 117 Å². The Balaban J connectivity index is 4.94. The summed E-state index contributed by atoms with van der Waals surface area (Å²) in [6, 6.07) is 0. The lowest BCUT2D eigenvalue weighted by atomic mass is 10.1. The summed E-state index contributed by atoms with van der Waals surface area (Å²) in [5, 5.41) is 0. The van der Waals surface area contributed by atoms with Gasteiger partial charge in [0.25, 0.3) is 0 Å². The highest BCUT2D eigenvalue weighted by molar-refractivity contribution is 6.53. The van der Waals surface area contributed by atoms with Crippen molar-refractivity contribution in [3.8, 4) is 0 Å². The van der Waals surface area contributed by atoms with Gasteiger partial charge in [-0.3, -0.25) is 0 Å². The van der Waals surface area contributed by atoms with Crippen molar-refractivity contribution in [2.45, 2.75) is 129 Å². The fourth-order valence-electron chi connectivity index (χ4n) is 3.75. The van der Waals surface area contributed by atoms with E-state index in [9.17, 15) is 4.79 Å². The van der Waals surface area contributed by atoms with Gasteiger partial charge in [0.15, 0.2) is 6.29 Å². The second-order valence-corrected chi connectivity index (χ2v) is 11.1. The number of rotatable bonds is 25. The van der Waals surface area contributed by atoms with Gasteiger partial charge in [-0.05, 0) is 19.3 Å². The van der Waals surface area contributed by atoms with Crippen LogP contribution in [0.2, 0.25) is 0 Å². The molecule has 0 radical (unpaired) electrons. The van der Waals surface area contributed by atoms with E-state index < -0.39 is 27.6 Å². The Kier molecular flexibility index (Phi) is 22.2. The molecule has 0 aliphatic heterocycles. The first-order chi connectivity index (χ1) is 16.5. The molecule has 0 aromatic rings. The van der Waals surface area contributed by atoms with E-state index in [4.69, 9.17) is 27.2 Å². The van der Waals surface area contributed by atoms with E-state index in [2.05, 4.69) is 20.4 Å². The third-order valence-electron chi connectivity index (χ3n) is 5.83. The molecule has 7 nitrogen and oxygen atoms in total. The Morgan fingerprint density at radius 3 is 1.53 bits per heavy atom. The molecule has 0 aliphatic carbocycles. The molecule has 34 heavy (non-hydrogen) atoms. The Morgan fingerprint density at radius 1 is 0.706 bits per heavy atom. The van der Waals surface area contributed by atoms with Crippen molar-refractivity contribution in [2.75, 3.05) is 21.3 Å². The number of unbranched alkanes of at least 4 members (excludes halogenated alkanes) is 12. The lowest BCUT2D eigenvalue weighted by Crippen LogP contribution is -2.50. The molecule has 0 saturated heterocycles. The van der Waals surface area contributed by atoms with Gasteiger partial charge in [0.05, 0.1) is 0 Å². The standard InChI is InChI=1S/C26H52O7Si/c1-7-10-12-14-16-18-20-22-25(31-24(27)9-3)32-26(33-34(28-4,29-5)30-6)23-21-19-17-15-13-11-8-2/h9,25-26H,3,7-8,10-23H2,1-2,4-6H3. The first-order valence-electron chi connectivity index (χ1n) is 13.3. The van der Waals surface area contributed by atoms with Gasteiger partial charge in [-0.15, -0.1) is 0 Å². The van der Waals surface area contributed by atoms with Crippen molar-refractivity contribution in [3.05, 3.63) is 12.7 Å². The third kappa shape index (κ3) is 16.8. The molecule has 0 amide bonds. The second kappa shape index (κ2) is 22.7. The predicted octanol–water partition coefficient (Wildman–Crippen LogP) is 7.06. The van der Waals surface area contributed by atoms with Gasteiger partial charge in [-0.1, -0.05) is 97.5 Å². The number of esters is 1. The van der Waals surface area contributed by atoms with Crippen LogP contribution in [-0.4, -0.2) is 48.9 Å². The minimum absolute atomic E-state index is 0.503. The van der Waals surface area contributed by atoms with Gasteiger partial charge >= 0.3 is 15.0 Å². The fraction of sp³-hybridized carbons (Fsp3) is 0.885. The molecule has 0 spiro atoms. The average molecular weight is 505 g/mol. The number of carbonyl (C=O) groups excluding carboxylic acids is 1. The molecular formula is C26H52O7Si. The maximum Gasteiger partial charge on any atom is 0.680 e. The molecule has 2 atom stereocenters.